The van der Waals surface area contributed by atoms with Crippen LogP contribution in [0.25, 0.3) is 0 Å². The molecule has 0 aromatic carbocycles. The van der Waals surface area contributed by atoms with E-state index in [-0.39, 0.29) is 11.2 Å². The Hall–Kier alpha value is -0.975. The maximum absolute atomic E-state index is 6.13. The van der Waals surface area contributed by atoms with Crippen LogP contribution in [0, 0.1) is 5.41 Å². The van der Waals surface area contributed by atoms with Crippen LogP contribution in [0.3, 0.4) is 0 Å². The Kier molecular flexibility index (Phi) is 6.08. The summed E-state index contributed by atoms with van der Waals surface area (Å²) in [7, 11) is 6.13. The number of hydrogen-bond acceptors (Lipinski definition) is 0. The van der Waals surface area contributed by atoms with Crippen molar-refractivity contribution in [2.45, 2.75) is 33.0 Å². The summed E-state index contributed by atoms with van der Waals surface area (Å²) in [5.41, 5.74) is 1.33. The third kappa shape index (κ3) is 7.01. The highest BCUT2D eigenvalue weighted by Gasteiger charge is 2.16. The minimum absolute atomic E-state index is 0.0548. The smallest absolute Gasteiger partial charge is 0.0763 e. The van der Waals surface area contributed by atoms with E-state index in [9.17, 15) is 0 Å². The monoisotopic (exact) mass is 200 g/mol. The van der Waals surface area contributed by atoms with Gasteiger partial charge in [0.05, 0.1) is 7.85 Å². The van der Waals surface area contributed by atoms with Gasteiger partial charge in [0.2, 0.25) is 0 Å². The molecule has 0 aliphatic carbocycles. The lowest BCUT2D eigenvalue weighted by Gasteiger charge is -2.24. The van der Waals surface area contributed by atoms with E-state index in [2.05, 4.69) is 33.9 Å². The van der Waals surface area contributed by atoms with Crippen molar-refractivity contribution >= 4 is 7.85 Å². The van der Waals surface area contributed by atoms with Crippen LogP contribution in [-0.4, -0.2) is 7.85 Å². The van der Waals surface area contributed by atoms with Gasteiger partial charge in [-0.2, -0.15) is 0 Å². The van der Waals surface area contributed by atoms with Gasteiger partial charge in [0, 0.05) is 0 Å². The fourth-order valence-electron chi connectivity index (χ4n) is 1.40. The van der Waals surface area contributed by atoms with Gasteiger partial charge < -0.3 is 0 Å². The summed E-state index contributed by atoms with van der Waals surface area (Å²) in [6.07, 6.45) is 10.3. The van der Waals surface area contributed by atoms with E-state index in [1.807, 2.05) is 18.2 Å². The zero-order chi connectivity index (χ0) is 11.9. The third-order valence-corrected chi connectivity index (χ3v) is 2.00. The van der Waals surface area contributed by atoms with E-state index in [0.29, 0.717) is 0 Å². The molecular formula is C14H21B. The van der Waals surface area contributed by atoms with Crippen LogP contribution in [0.1, 0.15) is 27.2 Å². The SMILES string of the molecule is [B]C(CC(C)(C)C)C(/C=C\C=C)=C/C=C. The fraction of sp³-hybridized carbons (Fsp3) is 0.429. The van der Waals surface area contributed by atoms with Crippen molar-refractivity contribution in [1.82, 2.24) is 0 Å². The van der Waals surface area contributed by atoms with Gasteiger partial charge in [0.1, 0.15) is 0 Å². The average Bonchev–Trinajstić information content (AvgIpc) is 2.09. The summed E-state index contributed by atoms with van der Waals surface area (Å²) in [5.74, 6) is 0.0548. The minimum Gasteiger partial charge on any atom is -0.0991 e. The van der Waals surface area contributed by atoms with Crippen LogP contribution >= 0.6 is 0 Å². The van der Waals surface area contributed by atoms with Gasteiger partial charge in [0.15, 0.2) is 0 Å². The molecule has 0 spiro atoms. The van der Waals surface area contributed by atoms with Crippen molar-refractivity contribution in [1.29, 1.82) is 0 Å². The van der Waals surface area contributed by atoms with E-state index >= 15 is 0 Å². The van der Waals surface area contributed by atoms with Gasteiger partial charge in [-0.3, -0.25) is 0 Å². The molecule has 0 nitrogen and oxygen atoms in total. The Bertz CT molecular complexity index is 264. The molecular weight excluding hydrogens is 179 g/mol. The maximum atomic E-state index is 6.13. The molecule has 2 radical (unpaired) electrons. The molecule has 1 unspecified atom stereocenters. The molecule has 0 bridgehead atoms. The summed E-state index contributed by atoms with van der Waals surface area (Å²) < 4.78 is 0. The van der Waals surface area contributed by atoms with Gasteiger partial charge in [-0.05, 0) is 11.8 Å². The normalized spacial score (nSPS) is 15.3. The standard InChI is InChI=1S/C14H21B/c1-6-8-10-12(9-7-2)13(15)11-14(3,4)5/h6-10,13H,1-2,11H2,3-5H3/b10-8-,12-9+. The first kappa shape index (κ1) is 14.0. The topological polar surface area (TPSA) is 0 Å². The van der Waals surface area contributed by atoms with Crippen molar-refractivity contribution in [3.05, 3.63) is 49.1 Å². The maximum Gasteiger partial charge on any atom is 0.0763 e. The molecule has 0 aromatic rings. The Morgan fingerprint density at radius 1 is 1.27 bits per heavy atom. The highest BCUT2D eigenvalue weighted by Crippen LogP contribution is 2.31. The van der Waals surface area contributed by atoms with E-state index in [0.717, 1.165) is 12.0 Å². The molecule has 0 aliphatic rings. The predicted molar refractivity (Wildman–Crippen MR) is 71.2 cm³/mol. The molecule has 80 valence electrons. The molecule has 0 heterocycles. The molecule has 15 heavy (non-hydrogen) atoms. The summed E-state index contributed by atoms with van der Waals surface area (Å²) in [5, 5.41) is 0. The number of rotatable bonds is 5. The highest BCUT2D eigenvalue weighted by molar-refractivity contribution is 6.14. The van der Waals surface area contributed by atoms with E-state index in [4.69, 9.17) is 7.85 Å². The van der Waals surface area contributed by atoms with Crippen LogP contribution in [0.15, 0.2) is 49.1 Å². The first-order valence-corrected chi connectivity index (χ1v) is 5.28. The lowest BCUT2D eigenvalue weighted by molar-refractivity contribution is 0.379. The third-order valence-electron chi connectivity index (χ3n) is 2.00. The van der Waals surface area contributed by atoms with Crippen molar-refractivity contribution in [3.8, 4) is 0 Å². The molecule has 0 aliphatic heterocycles. The molecule has 0 saturated carbocycles. The Balaban J connectivity index is 4.64. The second-order valence-electron chi connectivity index (χ2n) is 4.87. The first-order chi connectivity index (χ1) is 6.90. The number of hydrogen-bond donors (Lipinski definition) is 0. The van der Waals surface area contributed by atoms with Gasteiger partial charge in [0.25, 0.3) is 0 Å². The molecule has 0 saturated heterocycles. The van der Waals surface area contributed by atoms with Crippen molar-refractivity contribution in [2.24, 2.45) is 5.41 Å². The average molecular weight is 200 g/mol. The lowest BCUT2D eigenvalue weighted by atomic mass is 9.70. The van der Waals surface area contributed by atoms with E-state index < -0.39 is 0 Å². The van der Waals surface area contributed by atoms with Crippen LogP contribution in [0.5, 0.6) is 0 Å². The van der Waals surface area contributed by atoms with Crippen molar-refractivity contribution in [3.63, 3.8) is 0 Å². The van der Waals surface area contributed by atoms with Crippen LogP contribution in [0.4, 0.5) is 0 Å². The minimum atomic E-state index is 0.0548. The second-order valence-corrected chi connectivity index (χ2v) is 4.87. The molecule has 0 N–H and O–H groups in total. The predicted octanol–water partition coefficient (Wildman–Crippen LogP) is 4.23. The molecule has 1 heteroatoms. The van der Waals surface area contributed by atoms with E-state index in [1.54, 1.807) is 12.2 Å². The summed E-state index contributed by atoms with van der Waals surface area (Å²) in [6, 6.07) is 0. The zero-order valence-corrected chi connectivity index (χ0v) is 10.2. The number of allylic oxidation sites excluding steroid dienone is 6. The zero-order valence-electron chi connectivity index (χ0n) is 10.2. The molecule has 0 amide bonds. The summed E-state index contributed by atoms with van der Waals surface area (Å²) >= 11 is 0. The Labute approximate surface area is 95.9 Å². The van der Waals surface area contributed by atoms with Crippen LogP contribution in [0.2, 0.25) is 5.82 Å². The quantitative estimate of drug-likeness (QED) is 0.460. The summed E-state index contributed by atoms with van der Waals surface area (Å²) in [4.78, 5) is 0. The van der Waals surface area contributed by atoms with E-state index in [1.165, 1.54) is 0 Å². The Morgan fingerprint density at radius 2 is 1.87 bits per heavy atom. The van der Waals surface area contributed by atoms with Crippen molar-refractivity contribution < 1.29 is 0 Å². The molecule has 0 rings (SSSR count). The van der Waals surface area contributed by atoms with Crippen molar-refractivity contribution in [2.75, 3.05) is 0 Å². The molecule has 1 atom stereocenters. The van der Waals surface area contributed by atoms with Crippen LogP contribution in [-0.2, 0) is 0 Å². The lowest BCUT2D eigenvalue weighted by Crippen LogP contribution is -2.10. The summed E-state index contributed by atoms with van der Waals surface area (Å²) in [6.45, 7) is 13.9. The second kappa shape index (κ2) is 6.50. The molecule has 0 aromatic heterocycles. The van der Waals surface area contributed by atoms with Gasteiger partial charge >= 0.3 is 0 Å². The highest BCUT2D eigenvalue weighted by atomic mass is 14.2. The first-order valence-electron chi connectivity index (χ1n) is 5.28. The largest absolute Gasteiger partial charge is 0.0991 e. The molecule has 0 fully saturated rings. The van der Waals surface area contributed by atoms with Gasteiger partial charge in [-0.25, -0.2) is 0 Å². The van der Waals surface area contributed by atoms with Crippen LogP contribution < -0.4 is 0 Å². The fourth-order valence-corrected chi connectivity index (χ4v) is 1.40. The Morgan fingerprint density at radius 3 is 2.27 bits per heavy atom. The van der Waals surface area contributed by atoms with Gasteiger partial charge in [-0.1, -0.05) is 75.7 Å². The van der Waals surface area contributed by atoms with Gasteiger partial charge in [-0.15, -0.1) is 0 Å².